The van der Waals surface area contributed by atoms with Crippen molar-refractivity contribution >= 4 is 9.24 Å². The first-order valence-electron chi connectivity index (χ1n) is 4.79. The summed E-state index contributed by atoms with van der Waals surface area (Å²) in [5, 5.41) is 0. The highest BCUT2D eigenvalue weighted by atomic mass is 31.0. The molecule has 2 atom stereocenters. The fourth-order valence-corrected chi connectivity index (χ4v) is 1.45. The Morgan fingerprint density at radius 2 is 1.69 bits per heavy atom. The van der Waals surface area contributed by atoms with Gasteiger partial charge in [-0.2, -0.15) is 0 Å². The maximum absolute atomic E-state index is 2.95. The molecule has 0 bridgehead atoms. The van der Waals surface area contributed by atoms with Crippen molar-refractivity contribution in [3.05, 3.63) is 35.9 Å². The van der Waals surface area contributed by atoms with Gasteiger partial charge < -0.3 is 0 Å². The largest absolute Gasteiger partial charge is 0.134 e. The van der Waals surface area contributed by atoms with E-state index in [9.17, 15) is 0 Å². The Hall–Kier alpha value is -0.350. The summed E-state index contributed by atoms with van der Waals surface area (Å²) in [5.41, 5.74) is 2.45. The summed E-state index contributed by atoms with van der Waals surface area (Å²) in [4.78, 5) is 0. The first-order chi connectivity index (χ1) is 6.00. The Kier molecular flexibility index (Phi) is 3.50. The molecule has 0 N–H and O–H groups in total. The fourth-order valence-electron chi connectivity index (χ4n) is 1.17. The first kappa shape index (κ1) is 10.7. The Morgan fingerprint density at radius 1 is 1.15 bits per heavy atom. The lowest BCUT2D eigenvalue weighted by molar-refractivity contribution is 0.391. The molecule has 72 valence electrons. The van der Waals surface area contributed by atoms with Gasteiger partial charge in [-0.15, -0.1) is 9.24 Å². The summed E-state index contributed by atoms with van der Waals surface area (Å²) < 4.78 is 0. The average molecular weight is 194 g/mol. The van der Waals surface area contributed by atoms with E-state index in [2.05, 4.69) is 60.3 Å². The third kappa shape index (κ3) is 3.48. The summed E-state index contributed by atoms with van der Waals surface area (Å²) in [7, 11) is 2.95. The molecule has 0 aliphatic carbocycles. The van der Waals surface area contributed by atoms with Crippen LogP contribution in [0.25, 0.3) is 0 Å². The van der Waals surface area contributed by atoms with Gasteiger partial charge in [0, 0.05) is 0 Å². The van der Waals surface area contributed by atoms with Crippen LogP contribution >= 0.6 is 9.24 Å². The molecule has 0 heterocycles. The minimum atomic E-state index is 0.376. The maximum Gasteiger partial charge on any atom is -0.0175 e. The van der Waals surface area contributed by atoms with Crippen LogP contribution in [0.5, 0.6) is 0 Å². The maximum atomic E-state index is 2.95. The van der Waals surface area contributed by atoms with Gasteiger partial charge in [0.15, 0.2) is 0 Å². The molecule has 1 heteroatoms. The molecule has 0 saturated heterocycles. The lowest BCUT2D eigenvalue weighted by Gasteiger charge is -2.27. The van der Waals surface area contributed by atoms with Gasteiger partial charge in [-0.05, 0) is 23.1 Å². The second-order valence-electron chi connectivity index (χ2n) is 4.66. The molecule has 0 aliphatic heterocycles. The van der Waals surface area contributed by atoms with Crippen molar-refractivity contribution in [3.8, 4) is 0 Å². The zero-order valence-corrected chi connectivity index (χ0v) is 9.90. The molecule has 0 aromatic heterocycles. The normalized spacial score (nSPS) is 14.2. The Bertz CT molecular complexity index is 246. The molecule has 1 aromatic rings. The summed E-state index contributed by atoms with van der Waals surface area (Å²) in [6, 6.07) is 10.7. The van der Waals surface area contributed by atoms with Gasteiger partial charge in [0.25, 0.3) is 0 Å². The van der Waals surface area contributed by atoms with Crippen LogP contribution in [-0.4, -0.2) is 5.66 Å². The van der Waals surface area contributed by atoms with E-state index in [1.807, 2.05) is 0 Å². The standard InChI is InChI=1S/C12H19P/c1-12(2,3)11(13)9-10-7-5-4-6-8-10/h4-8,11H,9,13H2,1-3H3. The van der Waals surface area contributed by atoms with E-state index in [0.29, 0.717) is 11.1 Å². The van der Waals surface area contributed by atoms with E-state index in [1.165, 1.54) is 5.56 Å². The van der Waals surface area contributed by atoms with Crippen LogP contribution in [0.15, 0.2) is 30.3 Å². The van der Waals surface area contributed by atoms with Gasteiger partial charge in [-0.25, -0.2) is 0 Å². The number of rotatable bonds is 2. The van der Waals surface area contributed by atoms with Crippen LogP contribution < -0.4 is 0 Å². The van der Waals surface area contributed by atoms with Gasteiger partial charge in [0.1, 0.15) is 0 Å². The molecular formula is C12H19P. The Labute approximate surface area is 84.0 Å². The van der Waals surface area contributed by atoms with E-state index < -0.39 is 0 Å². The number of benzene rings is 1. The monoisotopic (exact) mass is 194 g/mol. The second kappa shape index (κ2) is 4.24. The minimum absolute atomic E-state index is 0.376. The molecule has 0 aliphatic rings. The molecule has 0 radical (unpaired) electrons. The molecule has 1 rings (SSSR count). The molecule has 2 unspecified atom stereocenters. The van der Waals surface area contributed by atoms with Crippen molar-refractivity contribution in [2.45, 2.75) is 32.9 Å². The van der Waals surface area contributed by atoms with Crippen molar-refractivity contribution in [1.29, 1.82) is 0 Å². The Balaban J connectivity index is 2.61. The van der Waals surface area contributed by atoms with Crippen molar-refractivity contribution in [2.75, 3.05) is 0 Å². The molecule has 0 nitrogen and oxygen atoms in total. The van der Waals surface area contributed by atoms with Crippen LogP contribution in [0.2, 0.25) is 0 Å². The highest BCUT2D eigenvalue weighted by molar-refractivity contribution is 7.17. The molecule has 0 spiro atoms. The molecule has 0 amide bonds. The third-order valence-corrected chi connectivity index (χ3v) is 3.65. The molecule has 0 saturated carbocycles. The predicted octanol–water partition coefficient (Wildman–Crippen LogP) is 3.52. The quantitative estimate of drug-likeness (QED) is 0.632. The van der Waals surface area contributed by atoms with Gasteiger partial charge >= 0.3 is 0 Å². The van der Waals surface area contributed by atoms with E-state index in [4.69, 9.17) is 0 Å². The van der Waals surface area contributed by atoms with E-state index >= 15 is 0 Å². The summed E-state index contributed by atoms with van der Waals surface area (Å²) in [5.74, 6) is 0. The second-order valence-corrected chi connectivity index (χ2v) is 5.47. The van der Waals surface area contributed by atoms with Crippen LogP contribution in [0, 0.1) is 5.41 Å². The molecule has 13 heavy (non-hydrogen) atoms. The topological polar surface area (TPSA) is 0 Å². The number of hydrogen-bond donors (Lipinski definition) is 0. The van der Waals surface area contributed by atoms with Crippen LogP contribution in [0.1, 0.15) is 26.3 Å². The highest BCUT2D eigenvalue weighted by Gasteiger charge is 2.19. The average Bonchev–Trinajstić information content (AvgIpc) is 2.04. The third-order valence-electron chi connectivity index (χ3n) is 2.41. The summed E-state index contributed by atoms with van der Waals surface area (Å²) in [6.45, 7) is 6.86. The van der Waals surface area contributed by atoms with E-state index in [0.717, 1.165) is 6.42 Å². The number of hydrogen-bond acceptors (Lipinski definition) is 0. The summed E-state index contributed by atoms with van der Waals surface area (Å²) >= 11 is 0. The van der Waals surface area contributed by atoms with Crippen molar-refractivity contribution in [2.24, 2.45) is 5.41 Å². The van der Waals surface area contributed by atoms with Crippen molar-refractivity contribution < 1.29 is 0 Å². The van der Waals surface area contributed by atoms with Gasteiger partial charge in [0.2, 0.25) is 0 Å². The fraction of sp³-hybridized carbons (Fsp3) is 0.500. The lowest BCUT2D eigenvalue weighted by atomic mass is 9.88. The first-order valence-corrected chi connectivity index (χ1v) is 5.46. The highest BCUT2D eigenvalue weighted by Crippen LogP contribution is 2.28. The van der Waals surface area contributed by atoms with Crippen molar-refractivity contribution in [1.82, 2.24) is 0 Å². The Morgan fingerprint density at radius 3 is 2.15 bits per heavy atom. The van der Waals surface area contributed by atoms with Crippen LogP contribution in [-0.2, 0) is 6.42 Å². The smallest absolute Gasteiger partial charge is 0.0175 e. The van der Waals surface area contributed by atoms with E-state index in [1.54, 1.807) is 0 Å². The summed E-state index contributed by atoms with van der Waals surface area (Å²) in [6.07, 6.45) is 1.15. The van der Waals surface area contributed by atoms with Crippen LogP contribution in [0.3, 0.4) is 0 Å². The lowest BCUT2D eigenvalue weighted by Crippen LogP contribution is -2.22. The molecule has 0 fully saturated rings. The zero-order chi connectivity index (χ0) is 9.90. The molecular weight excluding hydrogens is 175 g/mol. The minimum Gasteiger partial charge on any atom is -0.134 e. The predicted molar refractivity (Wildman–Crippen MR) is 63.1 cm³/mol. The van der Waals surface area contributed by atoms with Gasteiger partial charge in [-0.3, -0.25) is 0 Å². The van der Waals surface area contributed by atoms with Gasteiger partial charge in [0.05, 0.1) is 0 Å². The van der Waals surface area contributed by atoms with Crippen molar-refractivity contribution in [3.63, 3.8) is 0 Å². The zero-order valence-electron chi connectivity index (χ0n) is 8.75. The van der Waals surface area contributed by atoms with Gasteiger partial charge in [-0.1, -0.05) is 51.1 Å². The SMILES string of the molecule is CC(C)(C)C(P)Cc1ccccc1. The van der Waals surface area contributed by atoms with E-state index in [-0.39, 0.29) is 0 Å². The van der Waals surface area contributed by atoms with Crippen LogP contribution in [0.4, 0.5) is 0 Å². The molecule has 1 aromatic carbocycles.